The van der Waals surface area contributed by atoms with Gasteiger partial charge in [-0.1, -0.05) is 18.1 Å². The summed E-state index contributed by atoms with van der Waals surface area (Å²) in [6.45, 7) is 2.55. The number of benzene rings is 1. The van der Waals surface area contributed by atoms with E-state index in [2.05, 4.69) is 20.3 Å². The standard InChI is InChI=1S/C16H21N3O3/c1-11-7-8-13-12(10-11)15(19-18-13)16(21)17-9-5-3-4-6-14(20)22-2/h7-8,10H,3-6,9H2,1-2H3,(H,17,21)(H,18,19). The molecule has 1 aromatic carbocycles. The van der Waals surface area contributed by atoms with Crippen molar-refractivity contribution in [1.82, 2.24) is 15.5 Å². The monoisotopic (exact) mass is 303 g/mol. The molecule has 0 bridgehead atoms. The topological polar surface area (TPSA) is 84.1 Å². The number of fused-ring (bicyclic) bond motifs is 1. The molecular weight excluding hydrogens is 282 g/mol. The third-order valence-electron chi connectivity index (χ3n) is 3.50. The normalized spacial score (nSPS) is 10.6. The SMILES string of the molecule is COC(=O)CCCCCNC(=O)c1n[nH]c2ccc(C)cc12. The maximum atomic E-state index is 12.2. The van der Waals surface area contributed by atoms with E-state index >= 15 is 0 Å². The first-order valence-electron chi connectivity index (χ1n) is 7.41. The molecule has 0 atom stereocenters. The van der Waals surface area contributed by atoms with Gasteiger partial charge in [-0.25, -0.2) is 0 Å². The molecule has 1 amide bonds. The zero-order valence-corrected chi connectivity index (χ0v) is 12.9. The third-order valence-corrected chi connectivity index (χ3v) is 3.50. The Bertz CT molecular complexity index is 664. The van der Waals surface area contributed by atoms with E-state index in [9.17, 15) is 9.59 Å². The number of aromatic nitrogens is 2. The van der Waals surface area contributed by atoms with Crippen molar-refractivity contribution in [3.8, 4) is 0 Å². The van der Waals surface area contributed by atoms with Crippen LogP contribution in [0.3, 0.4) is 0 Å². The summed E-state index contributed by atoms with van der Waals surface area (Å²) in [5, 5.41) is 10.6. The van der Waals surface area contributed by atoms with Crippen molar-refractivity contribution in [3.05, 3.63) is 29.5 Å². The number of hydrogen-bond donors (Lipinski definition) is 2. The van der Waals surface area contributed by atoms with Gasteiger partial charge in [0, 0.05) is 18.4 Å². The first kappa shape index (κ1) is 16.0. The third kappa shape index (κ3) is 4.07. The molecule has 118 valence electrons. The summed E-state index contributed by atoms with van der Waals surface area (Å²) >= 11 is 0. The van der Waals surface area contributed by atoms with Crippen LogP contribution in [0.2, 0.25) is 0 Å². The fourth-order valence-corrected chi connectivity index (χ4v) is 2.26. The number of ether oxygens (including phenoxy) is 1. The zero-order valence-electron chi connectivity index (χ0n) is 12.9. The molecule has 0 unspecified atom stereocenters. The lowest BCUT2D eigenvalue weighted by molar-refractivity contribution is -0.140. The molecule has 0 aliphatic rings. The molecule has 0 spiro atoms. The van der Waals surface area contributed by atoms with E-state index in [0.29, 0.717) is 18.7 Å². The van der Waals surface area contributed by atoms with Gasteiger partial charge in [0.05, 0.1) is 12.6 Å². The second kappa shape index (κ2) is 7.59. The lowest BCUT2D eigenvalue weighted by Gasteiger charge is -2.04. The molecule has 0 radical (unpaired) electrons. The predicted molar refractivity (Wildman–Crippen MR) is 83.6 cm³/mol. The Morgan fingerprint density at radius 2 is 2.09 bits per heavy atom. The summed E-state index contributed by atoms with van der Waals surface area (Å²) in [6, 6.07) is 5.84. The molecule has 0 fully saturated rings. The van der Waals surface area contributed by atoms with Gasteiger partial charge in [-0.2, -0.15) is 5.10 Å². The molecule has 2 aromatic rings. The van der Waals surface area contributed by atoms with Crippen LogP contribution >= 0.6 is 0 Å². The minimum atomic E-state index is -0.192. The maximum Gasteiger partial charge on any atom is 0.305 e. The number of hydrogen-bond acceptors (Lipinski definition) is 4. The van der Waals surface area contributed by atoms with Gasteiger partial charge in [-0.05, 0) is 31.9 Å². The molecule has 2 rings (SSSR count). The second-order valence-electron chi connectivity index (χ2n) is 5.26. The van der Waals surface area contributed by atoms with Crippen molar-refractivity contribution < 1.29 is 14.3 Å². The number of aromatic amines is 1. The van der Waals surface area contributed by atoms with Gasteiger partial charge in [-0.3, -0.25) is 14.7 Å². The van der Waals surface area contributed by atoms with Crippen LogP contribution in [0.1, 0.15) is 41.7 Å². The number of carbonyl (C=O) groups is 2. The molecule has 0 aliphatic carbocycles. The van der Waals surface area contributed by atoms with Crippen LogP contribution in [-0.2, 0) is 9.53 Å². The number of nitrogens with one attached hydrogen (secondary N) is 2. The van der Waals surface area contributed by atoms with Crippen LogP contribution in [0.5, 0.6) is 0 Å². The summed E-state index contributed by atoms with van der Waals surface area (Å²) in [5.74, 6) is -0.368. The van der Waals surface area contributed by atoms with Crippen molar-refractivity contribution in [3.63, 3.8) is 0 Å². The van der Waals surface area contributed by atoms with Gasteiger partial charge in [-0.15, -0.1) is 0 Å². The van der Waals surface area contributed by atoms with E-state index in [-0.39, 0.29) is 11.9 Å². The number of rotatable bonds is 7. The van der Waals surface area contributed by atoms with E-state index in [0.717, 1.165) is 35.7 Å². The molecule has 6 nitrogen and oxygen atoms in total. The molecule has 0 saturated carbocycles. The maximum absolute atomic E-state index is 12.2. The molecular formula is C16H21N3O3. The molecule has 0 aliphatic heterocycles. The molecule has 22 heavy (non-hydrogen) atoms. The number of carbonyl (C=O) groups excluding carboxylic acids is 2. The zero-order chi connectivity index (χ0) is 15.9. The van der Waals surface area contributed by atoms with Gasteiger partial charge >= 0.3 is 5.97 Å². The number of aryl methyl sites for hydroxylation is 1. The van der Waals surface area contributed by atoms with Crippen LogP contribution in [0.15, 0.2) is 18.2 Å². The van der Waals surface area contributed by atoms with E-state index in [1.807, 2.05) is 25.1 Å². The van der Waals surface area contributed by atoms with E-state index < -0.39 is 0 Å². The summed E-state index contributed by atoms with van der Waals surface area (Å²) in [4.78, 5) is 23.1. The van der Waals surface area contributed by atoms with Crippen LogP contribution in [0.25, 0.3) is 10.9 Å². The highest BCUT2D eigenvalue weighted by molar-refractivity contribution is 6.04. The highest BCUT2D eigenvalue weighted by Crippen LogP contribution is 2.17. The Morgan fingerprint density at radius 1 is 1.27 bits per heavy atom. The number of amides is 1. The number of unbranched alkanes of at least 4 members (excludes halogenated alkanes) is 2. The van der Waals surface area contributed by atoms with Crippen molar-refractivity contribution in [2.75, 3.05) is 13.7 Å². The highest BCUT2D eigenvalue weighted by atomic mass is 16.5. The van der Waals surface area contributed by atoms with Crippen molar-refractivity contribution in [1.29, 1.82) is 0 Å². The Balaban J connectivity index is 1.79. The molecule has 1 aromatic heterocycles. The van der Waals surface area contributed by atoms with Crippen molar-refractivity contribution >= 4 is 22.8 Å². The quantitative estimate of drug-likeness (QED) is 0.607. The summed E-state index contributed by atoms with van der Waals surface area (Å²) in [5.41, 5.74) is 2.37. The fraction of sp³-hybridized carbons (Fsp3) is 0.438. The summed E-state index contributed by atoms with van der Waals surface area (Å²) in [6.07, 6.45) is 2.89. The van der Waals surface area contributed by atoms with Crippen LogP contribution in [0.4, 0.5) is 0 Å². The van der Waals surface area contributed by atoms with Crippen molar-refractivity contribution in [2.45, 2.75) is 32.6 Å². The van der Waals surface area contributed by atoms with Crippen LogP contribution in [-0.4, -0.2) is 35.7 Å². The van der Waals surface area contributed by atoms with Gasteiger partial charge in [0.25, 0.3) is 5.91 Å². The Hall–Kier alpha value is -2.37. The first-order valence-corrected chi connectivity index (χ1v) is 7.41. The minimum absolute atomic E-state index is 0.176. The molecule has 1 heterocycles. The lowest BCUT2D eigenvalue weighted by atomic mass is 10.1. The highest BCUT2D eigenvalue weighted by Gasteiger charge is 2.13. The predicted octanol–water partition coefficient (Wildman–Crippen LogP) is 2.33. The smallest absolute Gasteiger partial charge is 0.305 e. The minimum Gasteiger partial charge on any atom is -0.469 e. The summed E-state index contributed by atoms with van der Waals surface area (Å²) < 4.78 is 4.57. The Kier molecular flexibility index (Phi) is 5.52. The molecule has 6 heteroatoms. The van der Waals surface area contributed by atoms with E-state index in [4.69, 9.17) is 0 Å². The Morgan fingerprint density at radius 3 is 2.86 bits per heavy atom. The van der Waals surface area contributed by atoms with Crippen molar-refractivity contribution in [2.24, 2.45) is 0 Å². The average molecular weight is 303 g/mol. The van der Waals surface area contributed by atoms with E-state index in [1.54, 1.807) is 0 Å². The molecule has 2 N–H and O–H groups in total. The van der Waals surface area contributed by atoms with Gasteiger partial charge in [0.2, 0.25) is 0 Å². The van der Waals surface area contributed by atoms with Gasteiger partial charge in [0.1, 0.15) is 0 Å². The van der Waals surface area contributed by atoms with Crippen LogP contribution in [0, 0.1) is 6.92 Å². The second-order valence-corrected chi connectivity index (χ2v) is 5.26. The van der Waals surface area contributed by atoms with Crippen LogP contribution < -0.4 is 5.32 Å². The van der Waals surface area contributed by atoms with Gasteiger partial charge in [0.15, 0.2) is 5.69 Å². The lowest BCUT2D eigenvalue weighted by Crippen LogP contribution is -2.25. The number of esters is 1. The average Bonchev–Trinajstić information content (AvgIpc) is 2.93. The number of methoxy groups -OCH3 is 1. The fourth-order valence-electron chi connectivity index (χ4n) is 2.26. The molecule has 0 saturated heterocycles. The first-order chi connectivity index (χ1) is 10.6. The largest absolute Gasteiger partial charge is 0.469 e. The summed E-state index contributed by atoms with van der Waals surface area (Å²) in [7, 11) is 1.39. The van der Waals surface area contributed by atoms with E-state index in [1.165, 1.54) is 7.11 Å². The Labute approximate surface area is 129 Å². The number of H-pyrrole nitrogens is 1. The van der Waals surface area contributed by atoms with Gasteiger partial charge < -0.3 is 10.1 Å². The number of nitrogens with zero attached hydrogens (tertiary/aromatic N) is 1.